The number of carbonyl (C=O) groups is 1. The Hall–Kier alpha value is -2.51. The van der Waals surface area contributed by atoms with Crippen molar-refractivity contribution >= 4 is 17.7 Å². The molecule has 0 aromatic heterocycles. The lowest BCUT2D eigenvalue weighted by Gasteiger charge is -2.43. The third-order valence-electron chi connectivity index (χ3n) is 4.80. The van der Waals surface area contributed by atoms with Gasteiger partial charge in [-0.3, -0.25) is 4.79 Å². The number of nitrogens with zero attached hydrogens (tertiary/aromatic N) is 3. The van der Waals surface area contributed by atoms with Gasteiger partial charge in [-0.05, 0) is 37.1 Å². The topological polar surface area (TPSA) is 93.5 Å². The molecular formula is C22H25N3O4S. The Bertz CT molecular complexity index is 887. The Morgan fingerprint density at radius 3 is 2.50 bits per heavy atom. The predicted molar refractivity (Wildman–Crippen MR) is 115 cm³/mol. The molecule has 1 saturated heterocycles. The Kier molecular flexibility index (Phi) is 7.76. The minimum absolute atomic E-state index is 0.301. The summed E-state index contributed by atoms with van der Waals surface area (Å²) in [5.74, 6) is -0.444. The fourth-order valence-electron chi connectivity index (χ4n) is 3.33. The van der Waals surface area contributed by atoms with Gasteiger partial charge in [0.2, 0.25) is 0 Å². The van der Waals surface area contributed by atoms with Crippen LogP contribution in [0.4, 0.5) is 0 Å². The monoisotopic (exact) mass is 427 g/mol. The Morgan fingerprint density at radius 1 is 1.17 bits per heavy atom. The van der Waals surface area contributed by atoms with Crippen molar-refractivity contribution in [3.63, 3.8) is 0 Å². The molecule has 0 spiro atoms. The van der Waals surface area contributed by atoms with Crippen molar-refractivity contribution < 1.29 is 19.0 Å². The van der Waals surface area contributed by atoms with Crippen molar-refractivity contribution in [1.82, 2.24) is 0 Å². The Morgan fingerprint density at radius 2 is 1.87 bits per heavy atom. The number of azide groups is 1. The maximum atomic E-state index is 11.9. The zero-order valence-electron chi connectivity index (χ0n) is 17.2. The molecule has 0 radical (unpaired) electrons. The summed E-state index contributed by atoms with van der Waals surface area (Å²) < 4.78 is 17.9. The van der Waals surface area contributed by atoms with Gasteiger partial charge in [0.1, 0.15) is 11.5 Å². The second-order valence-electron chi connectivity index (χ2n) is 7.17. The number of carbonyl (C=O) groups excluding carboxylic acids is 1. The molecule has 1 aliphatic heterocycles. The minimum atomic E-state index is -0.732. The smallest absolute Gasteiger partial charge is 0.303 e. The van der Waals surface area contributed by atoms with E-state index in [-0.39, 0.29) is 0 Å². The Labute approximate surface area is 180 Å². The molecule has 1 heterocycles. The minimum Gasteiger partial charge on any atom is -0.456 e. The van der Waals surface area contributed by atoms with Crippen molar-refractivity contribution in [1.29, 1.82) is 0 Å². The fraction of sp³-hybridized carbons (Fsp3) is 0.409. The first-order valence-electron chi connectivity index (χ1n) is 9.73. The molecule has 8 heteroatoms. The molecule has 1 aliphatic rings. The molecule has 0 N–H and O–H groups in total. The highest BCUT2D eigenvalue weighted by atomic mass is 32.2. The number of rotatable bonds is 7. The van der Waals surface area contributed by atoms with Crippen molar-refractivity contribution in [2.24, 2.45) is 5.11 Å². The van der Waals surface area contributed by atoms with E-state index in [1.54, 1.807) is 0 Å². The first-order valence-corrected chi connectivity index (χ1v) is 10.6. The molecule has 7 nitrogen and oxygen atoms in total. The van der Waals surface area contributed by atoms with Gasteiger partial charge in [0.05, 0.1) is 18.8 Å². The maximum Gasteiger partial charge on any atom is 0.303 e. The maximum absolute atomic E-state index is 11.9. The molecule has 1 fully saturated rings. The van der Waals surface area contributed by atoms with Crippen LogP contribution in [-0.4, -0.2) is 35.8 Å². The quantitative estimate of drug-likeness (QED) is 0.267. The average molecular weight is 428 g/mol. The summed E-state index contributed by atoms with van der Waals surface area (Å²) >= 11 is 1.46. The average Bonchev–Trinajstić information content (AvgIpc) is 2.73. The lowest BCUT2D eigenvalue weighted by molar-refractivity contribution is -0.192. The molecule has 5 atom stereocenters. The van der Waals surface area contributed by atoms with Crippen LogP contribution in [0, 0.1) is 6.92 Å². The number of benzene rings is 2. The number of thioether (sulfide) groups is 1. The number of hydrogen-bond donors (Lipinski definition) is 0. The van der Waals surface area contributed by atoms with Crippen LogP contribution in [0.25, 0.3) is 10.4 Å². The van der Waals surface area contributed by atoms with E-state index < -0.39 is 35.8 Å². The number of esters is 1. The van der Waals surface area contributed by atoms with Gasteiger partial charge in [-0.2, -0.15) is 0 Å². The van der Waals surface area contributed by atoms with Gasteiger partial charge in [0.15, 0.2) is 6.10 Å². The van der Waals surface area contributed by atoms with Crippen LogP contribution in [-0.2, 0) is 25.6 Å². The van der Waals surface area contributed by atoms with Gasteiger partial charge < -0.3 is 14.2 Å². The predicted octanol–water partition coefficient (Wildman–Crippen LogP) is 5.03. The van der Waals surface area contributed by atoms with Crippen LogP contribution in [0.2, 0.25) is 0 Å². The van der Waals surface area contributed by atoms with E-state index in [9.17, 15) is 4.79 Å². The van der Waals surface area contributed by atoms with Gasteiger partial charge >= 0.3 is 5.97 Å². The van der Waals surface area contributed by atoms with E-state index in [0.717, 1.165) is 16.0 Å². The molecule has 3 rings (SSSR count). The van der Waals surface area contributed by atoms with Crippen molar-refractivity contribution in [2.75, 3.05) is 0 Å². The molecular weight excluding hydrogens is 402 g/mol. The lowest BCUT2D eigenvalue weighted by Crippen LogP contribution is -2.57. The molecule has 0 bridgehead atoms. The van der Waals surface area contributed by atoms with E-state index in [4.69, 9.17) is 19.7 Å². The fourth-order valence-corrected chi connectivity index (χ4v) is 4.46. The van der Waals surface area contributed by atoms with Crippen LogP contribution in [0.15, 0.2) is 64.6 Å². The highest BCUT2D eigenvalue weighted by Crippen LogP contribution is 2.37. The van der Waals surface area contributed by atoms with Crippen molar-refractivity contribution in [3.8, 4) is 0 Å². The van der Waals surface area contributed by atoms with Crippen LogP contribution in [0.3, 0.4) is 0 Å². The second-order valence-corrected chi connectivity index (χ2v) is 8.34. The summed E-state index contributed by atoms with van der Waals surface area (Å²) in [4.78, 5) is 15.8. The summed E-state index contributed by atoms with van der Waals surface area (Å²) in [5, 5.41) is 3.90. The van der Waals surface area contributed by atoms with Crippen LogP contribution in [0.5, 0.6) is 0 Å². The van der Waals surface area contributed by atoms with E-state index in [1.165, 1.54) is 18.7 Å². The van der Waals surface area contributed by atoms with Crippen LogP contribution < -0.4 is 0 Å². The number of hydrogen-bond acceptors (Lipinski definition) is 6. The van der Waals surface area contributed by atoms with E-state index in [1.807, 2.05) is 68.4 Å². The zero-order valence-corrected chi connectivity index (χ0v) is 18.0. The second kappa shape index (κ2) is 10.5. The molecule has 2 aromatic rings. The standard InChI is InChI=1S/C22H25N3O4S/c1-14-9-11-18(12-10-14)30-22-21(29-16(3)26)20(19(24-25-23)15(2)28-22)27-13-17-7-5-4-6-8-17/h4-12,15,19-22H,13H2,1-3H3/t15-,19-,20+,21+,22-/m1/s1. The molecule has 0 aliphatic carbocycles. The molecule has 0 amide bonds. The van der Waals surface area contributed by atoms with Gasteiger partial charge in [0.25, 0.3) is 0 Å². The number of aryl methyl sites for hydroxylation is 1. The third-order valence-corrected chi connectivity index (χ3v) is 5.96. The van der Waals surface area contributed by atoms with E-state index in [0.29, 0.717) is 6.61 Å². The third kappa shape index (κ3) is 5.77. The van der Waals surface area contributed by atoms with Gasteiger partial charge in [-0.1, -0.05) is 64.9 Å². The first-order chi connectivity index (χ1) is 14.5. The summed E-state index contributed by atoms with van der Waals surface area (Å²) in [7, 11) is 0. The van der Waals surface area contributed by atoms with Crippen LogP contribution >= 0.6 is 11.8 Å². The largest absolute Gasteiger partial charge is 0.456 e. The highest BCUT2D eigenvalue weighted by Gasteiger charge is 2.47. The highest BCUT2D eigenvalue weighted by molar-refractivity contribution is 7.99. The summed E-state index contributed by atoms with van der Waals surface area (Å²) in [6.45, 7) is 5.51. The SMILES string of the molecule is CC(=O)O[C@H]1[C@@H](OCc2ccccc2)[C@H](N=[N+]=[N-])[C@@H](C)O[C@@H]1Sc1ccc(C)cc1. The molecule has 158 valence electrons. The first kappa shape index (κ1) is 22.2. The molecule has 0 unspecified atom stereocenters. The van der Waals surface area contributed by atoms with E-state index >= 15 is 0 Å². The normalized spacial score (nSPS) is 25.9. The van der Waals surface area contributed by atoms with Gasteiger partial charge in [0, 0.05) is 16.7 Å². The summed E-state index contributed by atoms with van der Waals surface area (Å²) in [6, 6.07) is 17.1. The summed E-state index contributed by atoms with van der Waals surface area (Å²) in [6.07, 6.45) is -1.78. The molecule has 0 saturated carbocycles. The molecule has 2 aromatic carbocycles. The molecule has 30 heavy (non-hydrogen) atoms. The van der Waals surface area contributed by atoms with Crippen molar-refractivity contribution in [2.45, 2.75) is 62.1 Å². The summed E-state index contributed by atoms with van der Waals surface area (Å²) in [5.41, 5.74) is 10.7. The van der Waals surface area contributed by atoms with Crippen molar-refractivity contribution in [3.05, 3.63) is 76.2 Å². The Balaban J connectivity index is 1.87. The number of ether oxygens (including phenoxy) is 3. The van der Waals surface area contributed by atoms with Gasteiger partial charge in [-0.25, -0.2) is 0 Å². The van der Waals surface area contributed by atoms with E-state index in [2.05, 4.69) is 10.0 Å². The lowest BCUT2D eigenvalue weighted by atomic mass is 9.98. The van der Waals surface area contributed by atoms with Gasteiger partial charge in [-0.15, -0.1) is 0 Å². The zero-order chi connectivity index (χ0) is 21.5. The van der Waals surface area contributed by atoms with Crippen LogP contribution in [0.1, 0.15) is 25.0 Å².